The smallest absolute Gasteiger partial charge is 1.00 e. The molecule has 0 aromatic heterocycles. The Bertz CT molecular complexity index is 614. The first-order valence-corrected chi connectivity index (χ1v) is 4.90. The molecule has 0 N–H and O–H groups in total. The number of rotatable bonds is 0. The molecule has 0 aliphatic heterocycles. The van der Waals surface area contributed by atoms with E-state index in [0.29, 0.717) is 0 Å². The molecule has 3 aromatic carbocycles. The summed E-state index contributed by atoms with van der Waals surface area (Å²) < 4.78 is 0. The van der Waals surface area contributed by atoms with Crippen LogP contribution in [0.25, 0.3) is 21.5 Å². The van der Waals surface area contributed by atoms with Crippen molar-refractivity contribution in [2.24, 2.45) is 0 Å². The van der Waals surface area contributed by atoms with Crippen LogP contribution >= 0.6 is 0 Å². The van der Waals surface area contributed by atoms with Gasteiger partial charge in [0.15, 0.2) is 0 Å². The number of hydrogen-bond donors (Lipinski definition) is 0. The predicted octanol–water partition coefficient (Wildman–Crippen LogP) is -1.97. The van der Waals surface area contributed by atoms with Crippen LogP contribution in [0.1, 0.15) is 5.56 Å². The van der Waals surface area contributed by atoms with Crippen molar-refractivity contribution in [1.29, 1.82) is 0 Å². The number of aryl methyl sites for hydroxylation is 1. The molecule has 0 spiro atoms. The van der Waals surface area contributed by atoms with Gasteiger partial charge in [-0.3, -0.25) is 0 Å². The average molecular weight is 341 g/mol. The van der Waals surface area contributed by atoms with E-state index in [1.807, 2.05) is 0 Å². The van der Waals surface area contributed by atoms with E-state index in [0.717, 1.165) is 0 Å². The van der Waals surface area contributed by atoms with E-state index in [2.05, 4.69) is 55.5 Å². The summed E-state index contributed by atoms with van der Waals surface area (Å²) in [4.78, 5) is 0. The monoisotopic (exact) mass is 339 g/mol. The molecule has 1 radical (unpaired) electrons. The Morgan fingerprint density at radius 3 is 2.24 bits per heavy atom. The van der Waals surface area contributed by atoms with Gasteiger partial charge < -0.3 is 24.8 Å². The van der Waals surface area contributed by atoms with Crippen LogP contribution in [0.4, 0.5) is 0 Å². The zero-order valence-electron chi connectivity index (χ0n) is 9.37. The molecule has 3 rings (SSSR count). The van der Waals surface area contributed by atoms with Crippen LogP contribution in [0.5, 0.6) is 0 Å². The van der Waals surface area contributed by atoms with Crippen molar-refractivity contribution in [1.82, 2.24) is 0 Å². The second-order valence-electron chi connectivity index (χ2n) is 3.77. The van der Waals surface area contributed by atoms with Gasteiger partial charge in [0.1, 0.15) is 0 Å². The first-order chi connectivity index (χ1) is 6.86. The van der Waals surface area contributed by atoms with E-state index in [-0.39, 0.29) is 51.0 Å². The van der Waals surface area contributed by atoms with Gasteiger partial charge in [-0.1, -0.05) is 35.9 Å². The van der Waals surface area contributed by atoms with Gasteiger partial charge in [0.05, 0.1) is 0 Å². The standard InChI is InChI=1S/C14H11.2ClH.Zr/c1-10-5-4-7-12-9-11-6-2-3-8-13(11)14(10)12;;;/h2-9H,1H3;2*1H;/q-1;;;+3/p-2. The van der Waals surface area contributed by atoms with Crippen molar-refractivity contribution in [3.05, 3.63) is 54.1 Å². The van der Waals surface area contributed by atoms with Crippen molar-refractivity contribution in [2.45, 2.75) is 6.92 Å². The van der Waals surface area contributed by atoms with Gasteiger partial charge in [0.2, 0.25) is 0 Å². The van der Waals surface area contributed by atoms with E-state index in [9.17, 15) is 0 Å². The normalized spacial score (nSPS) is 9.24. The third-order valence-corrected chi connectivity index (χ3v) is 2.85. The molecule has 0 heterocycles. The molecule has 85 valence electrons. The quantitative estimate of drug-likeness (QED) is 0.416. The van der Waals surface area contributed by atoms with Crippen LogP contribution in [0.15, 0.2) is 48.5 Å². The summed E-state index contributed by atoms with van der Waals surface area (Å²) in [5.41, 5.74) is 1.36. The van der Waals surface area contributed by atoms with Crippen molar-refractivity contribution in [3.63, 3.8) is 0 Å². The SMILES string of the molecule is Cc1cccc2[cH-]c3ccccc3c12.[Cl-].[Cl-].[Zr+3]. The van der Waals surface area contributed by atoms with Gasteiger partial charge in [-0.2, -0.15) is 0 Å². The Labute approximate surface area is 133 Å². The molecule has 17 heavy (non-hydrogen) atoms. The van der Waals surface area contributed by atoms with Gasteiger partial charge in [-0.25, -0.2) is 0 Å². The first kappa shape index (κ1) is 16.8. The molecule has 0 bridgehead atoms. The molecule has 3 aromatic rings. The summed E-state index contributed by atoms with van der Waals surface area (Å²) in [5, 5.41) is 5.48. The van der Waals surface area contributed by atoms with Crippen molar-refractivity contribution in [2.75, 3.05) is 0 Å². The molecule has 0 atom stereocenters. The number of fused-ring (bicyclic) bond motifs is 3. The Balaban J connectivity index is 0.000000853. The van der Waals surface area contributed by atoms with Crippen LogP contribution in [-0.2, 0) is 26.2 Å². The van der Waals surface area contributed by atoms with Gasteiger partial charge in [0, 0.05) is 0 Å². The molecule has 3 heteroatoms. The molecular weight excluding hydrogens is 330 g/mol. The van der Waals surface area contributed by atoms with Crippen LogP contribution in [0.3, 0.4) is 0 Å². The third kappa shape index (κ3) is 2.79. The number of hydrogen-bond acceptors (Lipinski definition) is 0. The minimum atomic E-state index is 0. The van der Waals surface area contributed by atoms with Crippen LogP contribution in [0, 0.1) is 6.92 Å². The summed E-state index contributed by atoms with van der Waals surface area (Å²) in [6.45, 7) is 2.18. The summed E-state index contributed by atoms with van der Waals surface area (Å²) in [6, 6.07) is 17.3. The maximum Gasteiger partial charge on any atom is 3.00 e. The topological polar surface area (TPSA) is 0 Å². The molecule has 0 fully saturated rings. The fourth-order valence-corrected chi connectivity index (χ4v) is 2.20. The number of halogens is 2. The molecule has 0 aliphatic rings. The Morgan fingerprint density at radius 2 is 1.47 bits per heavy atom. The van der Waals surface area contributed by atoms with Crippen molar-refractivity contribution < 1.29 is 51.0 Å². The van der Waals surface area contributed by atoms with Crippen LogP contribution in [0.2, 0.25) is 0 Å². The second-order valence-corrected chi connectivity index (χ2v) is 3.77. The molecule has 0 saturated carbocycles. The van der Waals surface area contributed by atoms with Crippen molar-refractivity contribution >= 4 is 21.5 Å². The maximum absolute atomic E-state index is 2.26. The van der Waals surface area contributed by atoms with Crippen molar-refractivity contribution in [3.8, 4) is 0 Å². The van der Waals surface area contributed by atoms with Gasteiger partial charge in [-0.15, -0.1) is 39.7 Å². The Hall–Kier alpha value is -0.227. The van der Waals surface area contributed by atoms with E-state index in [4.69, 9.17) is 0 Å². The molecule has 0 nitrogen and oxygen atoms in total. The van der Waals surface area contributed by atoms with E-state index >= 15 is 0 Å². The predicted molar refractivity (Wildman–Crippen MR) is 61.8 cm³/mol. The average Bonchev–Trinajstić information content (AvgIpc) is 2.57. The summed E-state index contributed by atoms with van der Waals surface area (Å²) in [7, 11) is 0. The molecular formula is C14H11Cl2Zr. The van der Waals surface area contributed by atoms with Crippen LogP contribution < -0.4 is 24.8 Å². The van der Waals surface area contributed by atoms with E-state index in [1.165, 1.54) is 27.1 Å². The fourth-order valence-electron chi connectivity index (χ4n) is 2.20. The minimum absolute atomic E-state index is 0. The Kier molecular flexibility index (Phi) is 6.55. The second kappa shape index (κ2) is 6.64. The van der Waals surface area contributed by atoms with E-state index < -0.39 is 0 Å². The maximum atomic E-state index is 2.26. The first-order valence-electron chi connectivity index (χ1n) is 4.90. The van der Waals surface area contributed by atoms with Gasteiger partial charge in [-0.05, 0) is 6.92 Å². The largest absolute Gasteiger partial charge is 3.00 e. The zero-order valence-corrected chi connectivity index (χ0v) is 13.3. The zero-order chi connectivity index (χ0) is 9.54. The summed E-state index contributed by atoms with van der Waals surface area (Å²) >= 11 is 0. The molecule has 0 unspecified atom stereocenters. The third-order valence-electron chi connectivity index (χ3n) is 2.85. The molecule has 0 aliphatic carbocycles. The summed E-state index contributed by atoms with van der Waals surface area (Å²) in [6.07, 6.45) is 0. The van der Waals surface area contributed by atoms with Gasteiger partial charge in [0.25, 0.3) is 0 Å². The minimum Gasteiger partial charge on any atom is -1.00 e. The van der Waals surface area contributed by atoms with Crippen LogP contribution in [-0.4, -0.2) is 0 Å². The molecule has 0 saturated heterocycles. The fraction of sp³-hybridized carbons (Fsp3) is 0.0714. The summed E-state index contributed by atoms with van der Waals surface area (Å²) in [5.74, 6) is 0. The molecule has 0 amide bonds. The number of benzene rings is 2. The van der Waals surface area contributed by atoms with Gasteiger partial charge >= 0.3 is 26.2 Å². The Morgan fingerprint density at radius 1 is 0.824 bits per heavy atom. The van der Waals surface area contributed by atoms with E-state index in [1.54, 1.807) is 0 Å².